The van der Waals surface area contributed by atoms with Crippen LogP contribution in [0.15, 0.2) is 30.6 Å². The van der Waals surface area contributed by atoms with Gasteiger partial charge in [-0.3, -0.25) is 0 Å². The van der Waals surface area contributed by atoms with Gasteiger partial charge in [0.25, 0.3) is 0 Å². The molecule has 1 N–H and O–H groups in total. The average molecular weight is 272 g/mol. The molecule has 1 aliphatic heterocycles. The molecule has 1 aromatic carbocycles. The normalized spacial score (nSPS) is 14.6. The topological polar surface area (TPSA) is 41.0 Å². The Labute approximate surface area is 117 Å². The number of hydrogen-bond donors (Lipinski definition) is 1. The van der Waals surface area contributed by atoms with Crippen molar-refractivity contribution in [3.8, 4) is 0 Å². The van der Waals surface area contributed by atoms with Crippen LogP contribution in [-0.2, 0) is 0 Å². The number of halogens is 1. The first kappa shape index (κ1) is 12.8. The minimum Gasteiger partial charge on any atom is -0.356 e. The SMILES string of the molecule is Cc1ccc(Nc2cc(N3CCCC3)ncn2)cc1F. The second-order valence-electron chi connectivity index (χ2n) is 5.04. The summed E-state index contributed by atoms with van der Waals surface area (Å²) < 4.78 is 13.5. The molecule has 104 valence electrons. The van der Waals surface area contributed by atoms with Crippen LogP contribution in [0.25, 0.3) is 0 Å². The number of benzene rings is 1. The molecule has 5 heteroatoms. The molecular formula is C15H17FN4. The van der Waals surface area contributed by atoms with E-state index >= 15 is 0 Å². The Kier molecular flexibility index (Phi) is 3.50. The van der Waals surface area contributed by atoms with Crippen LogP contribution in [0.4, 0.5) is 21.7 Å². The third-order valence-electron chi connectivity index (χ3n) is 3.53. The maximum absolute atomic E-state index is 13.5. The number of nitrogens with zero attached hydrogens (tertiary/aromatic N) is 3. The number of hydrogen-bond acceptors (Lipinski definition) is 4. The van der Waals surface area contributed by atoms with Gasteiger partial charge < -0.3 is 10.2 Å². The molecule has 3 rings (SSSR count). The molecule has 0 unspecified atom stereocenters. The lowest BCUT2D eigenvalue weighted by molar-refractivity contribution is 0.619. The van der Waals surface area contributed by atoms with E-state index in [0.29, 0.717) is 17.1 Å². The Morgan fingerprint density at radius 3 is 2.70 bits per heavy atom. The van der Waals surface area contributed by atoms with Gasteiger partial charge in [-0.05, 0) is 37.5 Å². The van der Waals surface area contributed by atoms with E-state index in [1.165, 1.54) is 18.9 Å². The summed E-state index contributed by atoms with van der Waals surface area (Å²) in [5, 5.41) is 3.12. The molecule has 1 aliphatic rings. The minimum atomic E-state index is -0.219. The van der Waals surface area contributed by atoms with Gasteiger partial charge in [0.05, 0.1) is 0 Å². The van der Waals surface area contributed by atoms with Crippen LogP contribution in [0.3, 0.4) is 0 Å². The van der Waals surface area contributed by atoms with Gasteiger partial charge in [0.2, 0.25) is 0 Å². The van der Waals surface area contributed by atoms with Crippen molar-refractivity contribution in [1.82, 2.24) is 9.97 Å². The second kappa shape index (κ2) is 5.45. The molecule has 0 amide bonds. The zero-order valence-corrected chi connectivity index (χ0v) is 11.4. The molecule has 0 aliphatic carbocycles. The number of aryl methyl sites for hydroxylation is 1. The Bertz CT molecular complexity index is 609. The van der Waals surface area contributed by atoms with Crippen LogP contribution in [0.5, 0.6) is 0 Å². The molecule has 1 fully saturated rings. The van der Waals surface area contributed by atoms with Gasteiger partial charge in [0, 0.05) is 24.8 Å². The molecule has 4 nitrogen and oxygen atoms in total. The van der Waals surface area contributed by atoms with E-state index in [0.717, 1.165) is 18.9 Å². The quantitative estimate of drug-likeness (QED) is 0.931. The van der Waals surface area contributed by atoms with Crippen LogP contribution in [0.1, 0.15) is 18.4 Å². The zero-order chi connectivity index (χ0) is 13.9. The molecular weight excluding hydrogens is 255 g/mol. The van der Waals surface area contributed by atoms with E-state index in [1.54, 1.807) is 19.3 Å². The minimum absolute atomic E-state index is 0.219. The number of nitrogens with one attached hydrogen (secondary N) is 1. The fraction of sp³-hybridized carbons (Fsp3) is 0.333. The van der Waals surface area contributed by atoms with Crippen molar-refractivity contribution >= 4 is 17.3 Å². The molecule has 2 aromatic rings. The van der Waals surface area contributed by atoms with Crippen molar-refractivity contribution in [1.29, 1.82) is 0 Å². The van der Waals surface area contributed by atoms with Crippen LogP contribution in [-0.4, -0.2) is 23.1 Å². The van der Waals surface area contributed by atoms with Crippen LogP contribution < -0.4 is 10.2 Å². The summed E-state index contributed by atoms with van der Waals surface area (Å²) >= 11 is 0. The largest absolute Gasteiger partial charge is 0.356 e. The fourth-order valence-corrected chi connectivity index (χ4v) is 2.35. The van der Waals surface area contributed by atoms with Gasteiger partial charge in [0.1, 0.15) is 23.8 Å². The van der Waals surface area contributed by atoms with Gasteiger partial charge in [-0.25, -0.2) is 14.4 Å². The van der Waals surface area contributed by atoms with Gasteiger partial charge >= 0.3 is 0 Å². The maximum Gasteiger partial charge on any atom is 0.135 e. The van der Waals surface area contributed by atoms with Crippen LogP contribution in [0, 0.1) is 12.7 Å². The van der Waals surface area contributed by atoms with Gasteiger partial charge in [0.15, 0.2) is 0 Å². The van der Waals surface area contributed by atoms with Crippen molar-refractivity contribution in [3.05, 3.63) is 42.0 Å². The van der Waals surface area contributed by atoms with E-state index in [9.17, 15) is 4.39 Å². The van der Waals surface area contributed by atoms with Gasteiger partial charge in [-0.1, -0.05) is 6.07 Å². The first-order valence-electron chi connectivity index (χ1n) is 6.82. The highest BCUT2D eigenvalue weighted by molar-refractivity contribution is 5.59. The molecule has 0 spiro atoms. The van der Waals surface area contributed by atoms with Crippen LogP contribution >= 0.6 is 0 Å². The monoisotopic (exact) mass is 272 g/mol. The predicted molar refractivity (Wildman–Crippen MR) is 77.9 cm³/mol. The van der Waals surface area contributed by atoms with Gasteiger partial charge in [-0.2, -0.15) is 0 Å². The lowest BCUT2D eigenvalue weighted by Crippen LogP contribution is -2.19. The van der Waals surface area contributed by atoms with E-state index in [2.05, 4.69) is 20.2 Å². The average Bonchev–Trinajstić information content (AvgIpc) is 2.97. The van der Waals surface area contributed by atoms with E-state index < -0.39 is 0 Å². The zero-order valence-electron chi connectivity index (χ0n) is 11.4. The van der Waals surface area contributed by atoms with E-state index in [1.807, 2.05) is 12.1 Å². The standard InChI is InChI=1S/C15H17FN4/c1-11-4-5-12(8-13(11)16)19-14-9-15(18-10-17-14)20-6-2-3-7-20/h4-5,8-10H,2-3,6-7H2,1H3,(H,17,18,19). The highest BCUT2D eigenvalue weighted by Gasteiger charge is 2.14. The Balaban J connectivity index is 1.79. The van der Waals surface area contributed by atoms with Crippen LogP contribution in [0.2, 0.25) is 0 Å². The van der Waals surface area contributed by atoms with Crippen molar-refractivity contribution in [3.63, 3.8) is 0 Å². The molecule has 1 saturated heterocycles. The summed E-state index contributed by atoms with van der Waals surface area (Å²) in [7, 11) is 0. The van der Waals surface area contributed by atoms with Crippen molar-refractivity contribution < 1.29 is 4.39 Å². The molecule has 0 bridgehead atoms. The number of aromatic nitrogens is 2. The van der Waals surface area contributed by atoms with Crippen molar-refractivity contribution in [2.75, 3.05) is 23.3 Å². The second-order valence-corrected chi connectivity index (χ2v) is 5.04. The summed E-state index contributed by atoms with van der Waals surface area (Å²) in [6, 6.07) is 6.98. The lowest BCUT2D eigenvalue weighted by Gasteiger charge is -2.16. The number of anilines is 3. The van der Waals surface area contributed by atoms with Gasteiger partial charge in [-0.15, -0.1) is 0 Å². The fourth-order valence-electron chi connectivity index (χ4n) is 2.35. The third-order valence-corrected chi connectivity index (χ3v) is 3.53. The smallest absolute Gasteiger partial charge is 0.135 e. The first-order chi connectivity index (χ1) is 9.72. The summed E-state index contributed by atoms with van der Waals surface area (Å²) in [4.78, 5) is 10.7. The van der Waals surface area contributed by atoms with E-state index in [-0.39, 0.29) is 5.82 Å². The first-order valence-corrected chi connectivity index (χ1v) is 6.82. The third kappa shape index (κ3) is 2.71. The summed E-state index contributed by atoms with van der Waals surface area (Å²) in [6.45, 7) is 3.82. The molecule has 20 heavy (non-hydrogen) atoms. The molecule has 0 atom stereocenters. The Hall–Kier alpha value is -2.17. The molecule has 2 heterocycles. The van der Waals surface area contributed by atoms with Crippen molar-refractivity contribution in [2.24, 2.45) is 0 Å². The molecule has 1 aromatic heterocycles. The molecule has 0 radical (unpaired) electrons. The maximum atomic E-state index is 13.5. The highest BCUT2D eigenvalue weighted by atomic mass is 19.1. The van der Waals surface area contributed by atoms with Crippen molar-refractivity contribution in [2.45, 2.75) is 19.8 Å². The summed E-state index contributed by atoms with van der Waals surface area (Å²) in [5.74, 6) is 1.39. The summed E-state index contributed by atoms with van der Waals surface area (Å²) in [5.41, 5.74) is 1.33. The molecule has 0 saturated carbocycles. The predicted octanol–water partition coefficient (Wildman–Crippen LogP) is 3.27. The highest BCUT2D eigenvalue weighted by Crippen LogP contribution is 2.22. The Morgan fingerprint density at radius 2 is 1.95 bits per heavy atom. The number of rotatable bonds is 3. The summed E-state index contributed by atoms with van der Waals surface area (Å²) in [6.07, 6.45) is 3.95. The van der Waals surface area contributed by atoms with E-state index in [4.69, 9.17) is 0 Å². The Morgan fingerprint density at radius 1 is 1.15 bits per heavy atom. The lowest BCUT2D eigenvalue weighted by atomic mass is 10.2.